The molecule has 5 rings (SSSR count). The first-order valence-corrected chi connectivity index (χ1v) is 18.2. The number of rotatable bonds is 11. The Labute approximate surface area is 317 Å². The Morgan fingerprint density at radius 3 is 1.86 bits per heavy atom. The Kier molecular flexibility index (Phi) is 12.8. The van der Waals surface area contributed by atoms with E-state index in [0.717, 1.165) is 28.6 Å². The number of phenols is 1. The first-order valence-electron chi connectivity index (χ1n) is 15.4. The van der Waals surface area contributed by atoms with Gasteiger partial charge in [0, 0.05) is 79.8 Å². The Bertz CT molecular complexity index is 2130. The molecule has 0 atom stereocenters. The van der Waals surface area contributed by atoms with Crippen molar-refractivity contribution in [3.8, 4) is 5.75 Å². The maximum Gasteiger partial charge on any atom is 0.298 e. The standard InChI is InChI=1S/C37H36N2O7S2.Ca/c1-3-38(25-27-11-7-5-8-12-27)31-19-15-29(16-20-31)37(33-23-34(40)36(48(44,45)46)24-35(33)47(41,42)43)30-17-21-32(22-18-30)39(4-2)26-28-13-9-6-10-14-28;/h5-24H,3-4,25-26H2,1-2H3,(H2-,40,41,42,43,44,45,46);. The van der Waals surface area contributed by atoms with Crippen LogP contribution in [-0.2, 0) is 33.3 Å². The van der Waals surface area contributed by atoms with Crippen LogP contribution in [0.5, 0.6) is 5.75 Å². The molecule has 12 heteroatoms. The molecular weight excluding hydrogens is 689 g/mol. The summed E-state index contributed by atoms with van der Waals surface area (Å²) in [5.41, 5.74) is 5.17. The van der Waals surface area contributed by atoms with Crippen LogP contribution in [0.2, 0.25) is 0 Å². The number of phenolic OH excluding ortho intramolecular Hbond substituents is 1. The zero-order valence-corrected chi connectivity index (χ0v) is 31.1. The molecule has 0 bridgehead atoms. The average molecular weight is 725 g/mol. The molecule has 0 aromatic heterocycles. The summed E-state index contributed by atoms with van der Waals surface area (Å²) in [6, 6.07) is 28.7. The van der Waals surface area contributed by atoms with Crippen molar-refractivity contribution in [2.24, 2.45) is 0 Å². The van der Waals surface area contributed by atoms with Crippen LogP contribution in [-0.4, -0.2) is 92.2 Å². The van der Waals surface area contributed by atoms with Crippen molar-refractivity contribution >= 4 is 74.9 Å². The van der Waals surface area contributed by atoms with E-state index in [1.165, 1.54) is 0 Å². The molecule has 49 heavy (non-hydrogen) atoms. The third-order valence-electron chi connectivity index (χ3n) is 8.12. The molecule has 9 nitrogen and oxygen atoms in total. The maximum absolute atomic E-state index is 12.6. The number of benzene rings is 4. The fourth-order valence-electron chi connectivity index (χ4n) is 5.69. The van der Waals surface area contributed by atoms with E-state index in [1.54, 1.807) is 24.3 Å². The summed E-state index contributed by atoms with van der Waals surface area (Å²) in [6.07, 6.45) is 7.34. The summed E-state index contributed by atoms with van der Waals surface area (Å²) in [4.78, 5) is 0.194. The van der Waals surface area contributed by atoms with Gasteiger partial charge in [0.15, 0.2) is 12.3 Å². The second-order valence-electron chi connectivity index (χ2n) is 11.2. The van der Waals surface area contributed by atoms with Gasteiger partial charge >= 0.3 is 0 Å². The molecular formula is C37H36CaN2O7S2. The SMILES string of the molecule is CCN(Cc1ccccc1)c1ccc(C(=C2C=CC(=[N+](CC)Cc3ccccc3)C=C2)c2cc(O)c(S(=O)(=O)O)cc2S(=O)(=O)[O-])cc1.[Ca]. The zero-order valence-electron chi connectivity index (χ0n) is 27.2. The molecule has 2 N–H and O–H groups in total. The van der Waals surface area contributed by atoms with E-state index in [1.807, 2.05) is 98.8 Å². The second-order valence-corrected chi connectivity index (χ2v) is 14.0. The molecule has 0 fully saturated rings. The van der Waals surface area contributed by atoms with Gasteiger partial charge in [-0.25, -0.2) is 13.0 Å². The van der Waals surface area contributed by atoms with Crippen molar-refractivity contribution in [2.75, 3.05) is 18.0 Å². The van der Waals surface area contributed by atoms with Crippen LogP contribution in [0.1, 0.15) is 36.1 Å². The largest absolute Gasteiger partial charge is 0.744 e. The molecule has 0 saturated heterocycles. The van der Waals surface area contributed by atoms with E-state index in [9.17, 15) is 31.0 Å². The molecule has 4 aromatic carbocycles. The third kappa shape index (κ3) is 9.37. The van der Waals surface area contributed by atoms with Crippen molar-refractivity contribution in [3.63, 3.8) is 0 Å². The zero-order chi connectivity index (χ0) is 34.5. The van der Waals surface area contributed by atoms with E-state index in [2.05, 4.69) is 9.48 Å². The van der Waals surface area contributed by atoms with Gasteiger partial charge in [-0.05, 0) is 72.5 Å². The Morgan fingerprint density at radius 2 is 1.35 bits per heavy atom. The molecule has 0 heterocycles. The Hall–Kier alpha value is -3.55. The van der Waals surface area contributed by atoms with E-state index < -0.39 is 35.8 Å². The van der Waals surface area contributed by atoms with Gasteiger partial charge in [-0.2, -0.15) is 8.42 Å². The predicted octanol–water partition coefficient (Wildman–Crippen LogP) is 5.79. The number of hydrogen-bond donors (Lipinski definition) is 2. The molecule has 4 aromatic rings. The molecule has 1 aliphatic rings. The predicted molar refractivity (Wildman–Crippen MR) is 192 cm³/mol. The monoisotopic (exact) mass is 724 g/mol. The van der Waals surface area contributed by atoms with Gasteiger partial charge in [-0.15, -0.1) is 0 Å². The molecule has 1 aliphatic carbocycles. The van der Waals surface area contributed by atoms with Crippen LogP contribution in [0.25, 0.3) is 5.57 Å². The molecule has 0 saturated carbocycles. The summed E-state index contributed by atoms with van der Waals surface area (Å²) in [5, 5.41) is 10.7. The first-order chi connectivity index (χ1) is 22.9. The van der Waals surface area contributed by atoms with E-state index >= 15 is 0 Å². The Morgan fingerprint density at radius 1 is 0.776 bits per heavy atom. The van der Waals surface area contributed by atoms with Crippen molar-refractivity contribution in [1.82, 2.24) is 0 Å². The third-order valence-corrected chi connectivity index (χ3v) is 9.88. The van der Waals surface area contributed by atoms with Gasteiger partial charge in [0.2, 0.25) is 0 Å². The van der Waals surface area contributed by atoms with Gasteiger partial charge in [0.25, 0.3) is 10.1 Å². The number of aromatic hydroxyl groups is 1. The fourth-order valence-corrected chi connectivity index (χ4v) is 7.05. The topological polar surface area (TPSA) is 138 Å². The number of nitrogens with zero attached hydrogens (tertiary/aromatic N) is 2. The van der Waals surface area contributed by atoms with Crippen molar-refractivity contribution in [3.05, 3.63) is 149 Å². The molecule has 2 radical (unpaired) electrons. The van der Waals surface area contributed by atoms with Gasteiger partial charge < -0.3 is 14.6 Å². The van der Waals surface area contributed by atoms with Crippen LogP contribution in [0.15, 0.2) is 137 Å². The van der Waals surface area contributed by atoms with Crippen molar-refractivity contribution < 1.29 is 35.6 Å². The molecule has 0 amide bonds. The molecule has 250 valence electrons. The van der Waals surface area contributed by atoms with E-state index in [4.69, 9.17) is 0 Å². The maximum atomic E-state index is 12.6. The van der Waals surface area contributed by atoms with Crippen molar-refractivity contribution in [2.45, 2.75) is 36.7 Å². The average Bonchev–Trinajstić information content (AvgIpc) is 3.07. The van der Waals surface area contributed by atoms with Gasteiger partial charge in [-0.3, -0.25) is 4.55 Å². The second kappa shape index (κ2) is 16.4. The molecule has 0 spiro atoms. The molecule has 0 aliphatic heterocycles. The van der Waals surface area contributed by atoms with E-state index in [0.29, 0.717) is 43.4 Å². The van der Waals surface area contributed by atoms with Gasteiger partial charge in [0.05, 0.1) is 4.90 Å². The number of anilines is 1. The van der Waals surface area contributed by atoms with Crippen LogP contribution >= 0.6 is 0 Å². The summed E-state index contributed by atoms with van der Waals surface area (Å²) < 4.78 is 73.5. The summed E-state index contributed by atoms with van der Waals surface area (Å²) in [5.74, 6) is -0.898. The first kappa shape index (κ1) is 38.3. The van der Waals surface area contributed by atoms with Gasteiger partial charge in [-0.1, -0.05) is 72.8 Å². The van der Waals surface area contributed by atoms with Crippen molar-refractivity contribution in [1.29, 1.82) is 0 Å². The van der Waals surface area contributed by atoms with Gasteiger partial charge in [0.1, 0.15) is 27.3 Å². The fraction of sp³-hybridized carbons (Fsp3) is 0.162. The summed E-state index contributed by atoms with van der Waals surface area (Å²) in [7, 11) is -10.3. The summed E-state index contributed by atoms with van der Waals surface area (Å²) in [6.45, 7) is 6.83. The number of hydrogen-bond acceptors (Lipinski definition) is 7. The van der Waals surface area contributed by atoms with Crippen LogP contribution in [0, 0.1) is 0 Å². The minimum absolute atomic E-state index is 0. The minimum atomic E-state index is -5.29. The Balaban J connectivity index is 0.00000541. The minimum Gasteiger partial charge on any atom is -0.744 e. The number of allylic oxidation sites excluding steroid dienone is 5. The van der Waals surface area contributed by atoms with E-state index in [-0.39, 0.29) is 48.9 Å². The smallest absolute Gasteiger partial charge is 0.298 e. The quantitative estimate of drug-likeness (QED) is 0.113. The van der Waals surface area contributed by atoms with Crippen LogP contribution < -0.4 is 4.90 Å². The normalized spacial score (nSPS) is 12.8. The van der Waals surface area contributed by atoms with Crippen LogP contribution in [0.4, 0.5) is 5.69 Å². The summed E-state index contributed by atoms with van der Waals surface area (Å²) >= 11 is 0. The van der Waals surface area contributed by atoms with Crippen LogP contribution in [0.3, 0.4) is 0 Å². The molecule has 0 unspecified atom stereocenters.